The number of rotatable bonds is 1. The first-order valence-corrected chi connectivity index (χ1v) is 5.47. The zero-order chi connectivity index (χ0) is 9.10. The Labute approximate surface area is 80.7 Å². The highest BCUT2D eigenvalue weighted by Gasteiger charge is 2.21. The Hall–Kier alpha value is -0.560. The molecule has 13 heavy (non-hydrogen) atoms. The normalized spacial score (nSPS) is 39.3. The molecule has 2 aliphatic rings. The first-order valence-electron chi connectivity index (χ1n) is 5.47. The van der Waals surface area contributed by atoms with Gasteiger partial charge in [-0.15, -0.1) is 0 Å². The summed E-state index contributed by atoms with van der Waals surface area (Å²) < 4.78 is 0. The molecule has 2 rings (SSSR count). The molecule has 0 aromatic carbocycles. The molecule has 0 spiro atoms. The summed E-state index contributed by atoms with van der Waals surface area (Å²) in [6.45, 7) is 0. The molecule has 0 amide bonds. The maximum atomic E-state index is 5.82. The predicted octanol–water partition coefficient (Wildman–Crippen LogP) is 2.64. The molecule has 0 radical (unpaired) electrons. The van der Waals surface area contributed by atoms with Gasteiger partial charge in [-0.3, -0.25) is 0 Å². The van der Waals surface area contributed by atoms with Crippen molar-refractivity contribution < 1.29 is 0 Å². The maximum Gasteiger partial charge on any atom is 0.0223 e. The van der Waals surface area contributed by atoms with Crippen LogP contribution in [-0.4, -0.2) is 6.04 Å². The molecule has 72 valence electrons. The third kappa shape index (κ3) is 2.22. The summed E-state index contributed by atoms with van der Waals surface area (Å²) in [6.07, 6.45) is 15.8. The van der Waals surface area contributed by atoms with Crippen LogP contribution in [-0.2, 0) is 0 Å². The molecule has 0 fully saturated rings. The van der Waals surface area contributed by atoms with Crippen molar-refractivity contribution in [3.8, 4) is 0 Å². The van der Waals surface area contributed by atoms with Gasteiger partial charge in [0, 0.05) is 6.04 Å². The van der Waals surface area contributed by atoms with E-state index >= 15 is 0 Å². The second-order valence-electron chi connectivity index (χ2n) is 4.31. The largest absolute Gasteiger partial charge is 0.324 e. The first-order chi connectivity index (χ1) is 6.36. The van der Waals surface area contributed by atoms with E-state index in [1.54, 1.807) is 0 Å². The van der Waals surface area contributed by atoms with Crippen molar-refractivity contribution in [1.29, 1.82) is 0 Å². The standard InChI is InChI=1S/C12H19N/c13-12-8-6-11(7-9-12)10-4-2-1-3-5-10/h2,4,6,8,10-12H,1,3,5,7,9,13H2. The highest BCUT2D eigenvalue weighted by molar-refractivity contribution is 5.07. The fourth-order valence-corrected chi connectivity index (χ4v) is 2.42. The molecule has 0 aromatic heterocycles. The van der Waals surface area contributed by atoms with Gasteiger partial charge < -0.3 is 5.73 Å². The molecule has 0 aliphatic heterocycles. The fraction of sp³-hybridized carbons (Fsp3) is 0.667. The quantitative estimate of drug-likeness (QED) is 0.612. The van der Waals surface area contributed by atoms with E-state index in [1.165, 1.54) is 32.1 Å². The first kappa shape index (κ1) is 9.01. The lowest BCUT2D eigenvalue weighted by Crippen LogP contribution is -2.25. The van der Waals surface area contributed by atoms with Crippen LogP contribution in [0.2, 0.25) is 0 Å². The molecule has 0 saturated carbocycles. The van der Waals surface area contributed by atoms with Gasteiger partial charge in [-0.25, -0.2) is 0 Å². The number of allylic oxidation sites excluding steroid dienone is 3. The van der Waals surface area contributed by atoms with E-state index in [-0.39, 0.29) is 0 Å². The Balaban J connectivity index is 1.97. The van der Waals surface area contributed by atoms with Crippen molar-refractivity contribution in [1.82, 2.24) is 0 Å². The fourth-order valence-electron chi connectivity index (χ4n) is 2.42. The molecule has 1 nitrogen and oxygen atoms in total. The molecule has 0 heterocycles. The van der Waals surface area contributed by atoms with Gasteiger partial charge in [-0.2, -0.15) is 0 Å². The lowest BCUT2D eigenvalue weighted by molar-refractivity contribution is 0.372. The van der Waals surface area contributed by atoms with E-state index < -0.39 is 0 Å². The summed E-state index contributed by atoms with van der Waals surface area (Å²) in [7, 11) is 0. The molecule has 0 saturated heterocycles. The van der Waals surface area contributed by atoms with Gasteiger partial charge >= 0.3 is 0 Å². The molecule has 2 aliphatic carbocycles. The van der Waals surface area contributed by atoms with Gasteiger partial charge in [0.25, 0.3) is 0 Å². The van der Waals surface area contributed by atoms with Gasteiger partial charge in [-0.05, 0) is 43.9 Å². The van der Waals surface area contributed by atoms with Crippen LogP contribution >= 0.6 is 0 Å². The van der Waals surface area contributed by atoms with Gasteiger partial charge in [0.1, 0.15) is 0 Å². The van der Waals surface area contributed by atoms with Crippen molar-refractivity contribution in [2.24, 2.45) is 17.6 Å². The van der Waals surface area contributed by atoms with Gasteiger partial charge in [0.15, 0.2) is 0 Å². The van der Waals surface area contributed by atoms with E-state index in [0.717, 1.165) is 11.8 Å². The highest BCUT2D eigenvalue weighted by atomic mass is 14.6. The van der Waals surface area contributed by atoms with Crippen molar-refractivity contribution in [2.45, 2.75) is 38.1 Å². The van der Waals surface area contributed by atoms with E-state index in [2.05, 4.69) is 24.3 Å². The Morgan fingerprint density at radius 2 is 1.77 bits per heavy atom. The van der Waals surface area contributed by atoms with Crippen molar-refractivity contribution in [3.05, 3.63) is 24.3 Å². The average Bonchev–Trinajstić information content (AvgIpc) is 2.20. The minimum absolute atomic E-state index is 0.323. The monoisotopic (exact) mass is 177 g/mol. The summed E-state index contributed by atoms with van der Waals surface area (Å²) in [5.41, 5.74) is 5.82. The van der Waals surface area contributed by atoms with Gasteiger partial charge in [-0.1, -0.05) is 24.3 Å². The third-order valence-electron chi connectivity index (χ3n) is 3.28. The van der Waals surface area contributed by atoms with Crippen LogP contribution in [0.4, 0.5) is 0 Å². The molecule has 0 bridgehead atoms. The third-order valence-corrected chi connectivity index (χ3v) is 3.28. The summed E-state index contributed by atoms with van der Waals surface area (Å²) >= 11 is 0. The molecule has 0 aromatic rings. The SMILES string of the molecule is NC1C=CC(C2C=CCCC2)CC1. The highest BCUT2D eigenvalue weighted by Crippen LogP contribution is 2.31. The Bertz CT molecular complexity index is 217. The average molecular weight is 177 g/mol. The van der Waals surface area contributed by atoms with Crippen molar-refractivity contribution in [2.75, 3.05) is 0 Å². The predicted molar refractivity (Wildman–Crippen MR) is 56.3 cm³/mol. The zero-order valence-corrected chi connectivity index (χ0v) is 8.15. The summed E-state index contributed by atoms with van der Waals surface area (Å²) in [4.78, 5) is 0. The smallest absolute Gasteiger partial charge is 0.0223 e. The summed E-state index contributed by atoms with van der Waals surface area (Å²) in [5.74, 6) is 1.58. The van der Waals surface area contributed by atoms with Crippen LogP contribution in [0.3, 0.4) is 0 Å². The van der Waals surface area contributed by atoms with Gasteiger partial charge in [0.2, 0.25) is 0 Å². The molecular formula is C12H19N. The zero-order valence-electron chi connectivity index (χ0n) is 8.15. The van der Waals surface area contributed by atoms with Crippen molar-refractivity contribution in [3.63, 3.8) is 0 Å². The van der Waals surface area contributed by atoms with Gasteiger partial charge in [0.05, 0.1) is 0 Å². The number of hydrogen-bond acceptors (Lipinski definition) is 1. The second kappa shape index (κ2) is 4.10. The number of hydrogen-bond donors (Lipinski definition) is 1. The lowest BCUT2D eigenvalue weighted by atomic mass is 9.79. The molecular weight excluding hydrogens is 158 g/mol. The Kier molecular flexibility index (Phi) is 2.84. The molecule has 3 unspecified atom stereocenters. The van der Waals surface area contributed by atoms with E-state index in [0.29, 0.717) is 6.04 Å². The van der Waals surface area contributed by atoms with E-state index in [9.17, 15) is 0 Å². The Morgan fingerprint density at radius 3 is 2.38 bits per heavy atom. The minimum atomic E-state index is 0.323. The van der Waals surface area contributed by atoms with E-state index in [1.807, 2.05) is 0 Å². The summed E-state index contributed by atoms with van der Waals surface area (Å²) in [6, 6.07) is 0.323. The lowest BCUT2D eigenvalue weighted by Gasteiger charge is -2.28. The maximum absolute atomic E-state index is 5.82. The van der Waals surface area contributed by atoms with Crippen LogP contribution in [0.1, 0.15) is 32.1 Å². The number of nitrogens with two attached hydrogens (primary N) is 1. The van der Waals surface area contributed by atoms with Crippen LogP contribution in [0.15, 0.2) is 24.3 Å². The summed E-state index contributed by atoms with van der Waals surface area (Å²) in [5, 5.41) is 0. The van der Waals surface area contributed by atoms with Crippen LogP contribution in [0.25, 0.3) is 0 Å². The molecule has 1 heteroatoms. The Morgan fingerprint density at radius 1 is 0.923 bits per heavy atom. The topological polar surface area (TPSA) is 26.0 Å². The van der Waals surface area contributed by atoms with E-state index in [4.69, 9.17) is 5.73 Å². The minimum Gasteiger partial charge on any atom is -0.324 e. The van der Waals surface area contributed by atoms with Crippen molar-refractivity contribution >= 4 is 0 Å². The van der Waals surface area contributed by atoms with Crippen LogP contribution in [0.5, 0.6) is 0 Å². The molecule has 2 N–H and O–H groups in total. The second-order valence-corrected chi connectivity index (χ2v) is 4.31. The van der Waals surface area contributed by atoms with Crippen LogP contribution in [0, 0.1) is 11.8 Å². The van der Waals surface area contributed by atoms with Crippen LogP contribution < -0.4 is 5.73 Å². The molecule has 3 atom stereocenters.